The zero-order valence-electron chi connectivity index (χ0n) is 11.6. The Morgan fingerprint density at radius 2 is 1.89 bits per heavy atom. The molecular formula is C14H28N2O2. The Hall–Kier alpha value is -0.610. The minimum atomic E-state index is -0.329. The third-order valence-corrected chi connectivity index (χ3v) is 3.93. The van der Waals surface area contributed by atoms with E-state index in [2.05, 4.69) is 0 Å². The lowest BCUT2D eigenvalue weighted by atomic mass is 9.91. The van der Waals surface area contributed by atoms with Crippen LogP contribution in [0.3, 0.4) is 0 Å². The fourth-order valence-electron chi connectivity index (χ4n) is 2.68. The highest BCUT2D eigenvalue weighted by molar-refractivity contribution is 5.76. The molecule has 0 saturated heterocycles. The number of hydrogen-bond acceptors (Lipinski definition) is 3. The molecule has 1 fully saturated rings. The number of carbonyl (C=O) groups is 1. The Labute approximate surface area is 111 Å². The molecule has 2 unspecified atom stereocenters. The van der Waals surface area contributed by atoms with Gasteiger partial charge in [0.25, 0.3) is 0 Å². The van der Waals surface area contributed by atoms with Crippen molar-refractivity contribution in [3.63, 3.8) is 0 Å². The van der Waals surface area contributed by atoms with Gasteiger partial charge in [0, 0.05) is 13.5 Å². The van der Waals surface area contributed by atoms with Crippen LogP contribution in [-0.4, -0.2) is 41.7 Å². The molecule has 1 rings (SSSR count). The molecule has 1 aliphatic rings. The third kappa shape index (κ3) is 4.94. The van der Waals surface area contributed by atoms with Crippen molar-refractivity contribution >= 4 is 5.91 Å². The molecule has 2 atom stereocenters. The van der Waals surface area contributed by atoms with Crippen LogP contribution in [0.2, 0.25) is 0 Å². The average Bonchev–Trinajstić information content (AvgIpc) is 2.38. The number of nitrogens with zero attached hydrogens (tertiary/aromatic N) is 1. The highest BCUT2D eigenvalue weighted by Crippen LogP contribution is 2.23. The van der Waals surface area contributed by atoms with Crippen molar-refractivity contribution in [2.24, 2.45) is 5.73 Å². The molecule has 0 aliphatic heterocycles. The molecule has 3 N–H and O–H groups in total. The van der Waals surface area contributed by atoms with Crippen LogP contribution >= 0.6 is 0 Å². The van der Waals surface area contributed by atoms with Gasteiger partial charge in [0.1, 0.15) is 0 Å². The summed E-state index contributed by atoms with van der Waals surface area (Å²) in [6.45, 7) is 0.738. The minimum absolute atomic E-state index is 0.0373. The number of rotatable bonds is 7. The molecule has 0 aromatic heterocycles. The first-order valence-corrected chi connectivity index (χ1v) is 7.30. The van der Waals surface area contributed by atoms with Gasteiger partial charge in [-0.05, 0) is 32.2 Å². The largest absolute Gasteiger partial charge is 0.391 e. The summed E-state index contributed by atoms with van der Waals surface area (Å²) in [4.78, 5) is 13.8. The molecule has 1 aliphatic carbocycles. The van der Waals surface area contributed by atoms with Crippen molar-refractivity contribution in [3.8, 4) is 0 Å². The van der Waals surface area contributed by atoms with Gasteiger partial charge in [0.15, 0.2) is 0 Å². The highest BCUT2D eigenvalue weighted by Gasteiger charge is 2.28. The van der Waals surface area contributed by atoms with Crippen LogP contribution in [0.1, 0.15) is 57.8 Å². The molecule has 106 valence electrons. The van der Waals surface area contributed by atoms with Gasteiger partial charge in [-0.1, -0.05) is 25.7 Å². The van der Waals surface area contributed by atoms with Gasteiger partial charge in [-0.15, -0.1) is 0 Å². The van der Waals surface area contributed by atoms with Crippen LogP contribution in [-0.2, 0) is 4.79 Å². The van der Waals surface area contributed by atoms with Gasteiger partial charge < -0.3 is 15.7 Å². The average molecular weight is 256 g/mol. The lowest BCUT2D eigenvalue weighted by Gasteiger charge is -2.35. The number of aliphatic hydroxyl groups is 1. The van der Waals surface area contributed by atoms with Crippen molar-refractivity contribution in [1.29, 1.82) is 0 Å². The van der Waals surface area contributed by atoms with E-state index in [0.717, 1.165) is 57.9 Å². The first-order chi connectivity index (χ1) is 8.66. The molecule has 0 heterocycles. The number of hydrogen-bond donors (Lipinski definition) is 2. The number of nitrogens with two attached hydrogens (primary N) is 1. The lowest BCUT2D eigenvalue weighted by molar-refractivity contribution is -0.135. The van der Waals surface area contributed by atoms with Crippen LogP contribution in [0.25, 0.3) is 0 Å². The summed E-state index contributed by atoms with van der Waals surface area (Å²) >= 11 is 0. The van der Waals surface area contributed by atoms with Gasteiger partial charge in [-0.2, -0.15) is 0 Å². The van der Waals surface area contributed by atoms with Crippen LogP contribution in [0.5, 0.6) is 0 Å². The van der Waals surface area contributed by atoms with E-state index in [1.54, 1.807) is 4.90 Å². The first-order valence-electron chi connectivity index (χ1n) is 7.30. The second-order valence-corrected chi connectivity index (χ2v) is 5.38. The molecule has 1 saturated carbocycles. The molecule has 0 aromatic carbocycles. The fourth-order valence-corrected chi connectivity index (χ4v) is 2.68. The predicted molar refractivity (Wildman–Crippen MR) is 73.2 cm³/mol. The summed E-state index contributed by atoms with van der Waals surface area (Å²) in [5.74, 6) is 0.175. The smallest absolute Gasteiger partial charge is 0.222 e. The first kappa shape index (κ1) is 15.4. The number of likely N-dealkylation sites (N-methyl/N-ethyl adjacent to an activating group) is 1. The zero-order chi connectivity index (χ0) is 13.4. The Balaban J connectivity index is 2.23. The number of aliphatic hydroxyl groups excluding tert-OH is 1. The Bertz CT molecular complexity index is 246. The summed E-state index contributed by atoms with van der Waals surface area (Å²) in [7, 11) is 1.83. The van der Waals surface area contributed by atoms with E-state index in [-0.39, 0.29) is 18.1 Å². The van der Waals surface area contributed by atoms with Crippen LogP contribution < -0.4 is 5.73 Å². The van der Waals surface area contributed by atoms with E-state index in [1.165, 1.54) is 0 Å². The van der Waals surface area contributed by atoms with E-state index >= 15 is 0 Å². The molecule has 4 heteroatoms. The third-order valence-electron chi connectivity index (χ3n) is 3.93. The van der Waals surface area contributed by atoms with Crippen LogP contribution in [0.4, 0.5) is 0 Å². The van der Waals surface area contributed by atoms with E-state index in [4.69, 9.17) is 5.73 Å². The summed E-state index contributed by atoms with van der Waals surface area (Å²) in [6.07, 6.45) is 8.42. The van der Waals surface area contributed by atoms with Crippen LogP contribution in [0.15, 0.2) is 0 Å². The molecule has 1 amide bonds. The zero-order valence-corrected chi connectivity index (χ0v) is 11.6. The summed E-state index contributed by atoms with van der Waals surface area (Å²) < 4.78 is 0. The second-order valence-electron chi connectivity index (χ2n) is 5.38. The molecule has 4 nitrogen and oxygen atoms in total. The van der Waals surface area contributed by atoms with Gasteiger partial charge in [-0.3, -0.25) is 4.79 Å². The lowest BCUT2D eigenvalue weighted by Crippen LogP contribution is -2.46. The van der Waals surface area contributed by atoms with Crippen molar-refractivity contribution in [2.45, 2.75) is 69.9 Å². The van der Waals surface area contributed by atoms with Crippen molar-refractivity contribution < 1.29 is 9.90 Å². The molecule has 0 bridgehead atoms. The quantitative estimate of drug-likeness (QED) is 0.681. The summed E-state index contributed by atoms with van der Waals surface area (Å²) in [5.41, 5.74) is 5.43. The molecule has 0 radical (unpaired) electrons. The van der Waals surface area contributed by atoms with Crippen molar-refractivity contribution in [2.75, 3.05) is 13.6 Å². The topological polar surface area (TPSA) is 66.6 Å². The second kappa shape index (κ2) is 8.48. The Morgan fingerprint density at radius 1 is 1.22 bits per heavy atom. The van der Waals surface area contributed by atoms with Crippen molar-refractivity contribution in [3.05, 3.63) is 0 Å². The van der Waals surface area contributed by atoms with Crippen LogP contribution in [0, 0.1) is 0 Å². The highest BCUT2D eigenvalue weighted by atomic mass is 16.3. The summed E-state index contributed by atoms with van der Waals surface area (Å²) in [5, 5.41) is 9.92. The Morgan fingerprint density at radius 3 is 2.56 bits per heavy atom. The van der Waals surface area contributed by atoms with Gasteiger partial charge in [0.2, 0.25) is 5.91 Å². The number of carbonyl (C=O) groups excluding carboxylic acids is 1. The molecule has 0 spiro atoms. The van der Waals surface area contributed by atoms with Gasteiger partial charge >= 0.3 is 0 Å². The van der Waals surface area contributed by atoms with E-state index in [1.807, 2.05) is 7.05 Å². The van der Waals surface area contributed by atoms with E-state index in [0.29, 0.717) is 6.42 Å². The van der Waals surface area contributed by atoms with Gasteiger partial charge in [0.05, 0.1) is 12.1 Å². The molecular weight excluding hydrogens is 228 g/mol. The predicted octanol–water partition coefficient (Wildman–Crippen LogP) is 1.66. The normalized spacial score (nSPS) is 23.9. The minimum Gasteiger partial charge on any atom is -0.391 e. The molecule has 0 aromatic rings. The van der Waals surface area contributed by atoms with E-state index < -0.39 is 0 Å². The maximum Gasteiger partial charge on any atom is 0.222 e. The van der Waals surface area contributed by atoms with E-state index in [9.17, 15) is 9.90 Å². The Kier molecular flexibility index (Phi) is 7.28. The van der Waals surface area contributed by atoms with Crippen molar-refractivity contribution in [1.82, 2.24) is 4.90 Å². The SMILES string of the molecule is CN(C(=O)CCCCCCN)C1CCCCC1O. The molecule has 18 heavy (non-hydrogen) atoms. The number of unbranched alkanes of at least 4 members (excludes halogenated alkanes) is 3. The summed E-state index contributed by atoms with van der Waals surface area (Å²) in [6, 6.07) is 0.0373. The maximum atomic E-state index is 12.0. The standard InChI is InChI=1S/C14H28N2O2/c1-16(12-8-5-6-9-13(12)17)14(18)10-4-2-3-7-11-15/h12-13,17H,2-11,15H2,1H3. The number of amides is 1. The maximum absolute atomic E-state index is 12.0. The monoisotopic (exact) mass is 256 g/mol. The van der Waals surface area contributed by atoms with Gasteiger partial charge in [-0.25, -0.2) is 0 Å². The fraction of sp³-hybridized carbons (Fsp3) is 0.929.